The predicted octanol–water partition coefficient (Wildman–Crippen LogP) is 1.57. The molecule has 0 unspecified atom stereocenters. The number of hydrogen-bond donors (Lipinski definition) is 0. The Morgan fingerprint density at radius 3 is 2.83 bits per heavy atom. The van der Waals surface area contributed by atoms with Gasteiger partial charge in [0, 0.05) is 0 Å². The first-order valence-corrected chi connectivity index (χ1v) is 6.39. The molecular formula is C13H17N5. The van der Waals surface area contributed by atoms with E-state index in [4.69, 9.17) is 0 Å². The van der Waals surface area contributed by atoms with Crippen molar-refractivity contribution in [3.05, 3.63) is 35.7 Å². The lowest BCUT2D eigenvalue weighted by molar-refractivity contribution is 0.319. The second kappa shape index (κ2) is 4.86. The fraction of sp³-hybridized carbons (Fsp3) is 0.462. The molecule has 0 saturated carbocycles. The zero-order valence-corrected chi connectivity index (χ0v) is 10.6. The number of aryl methyl sites for hydroxylation is 1. The van der Waals surface area contributed by atoms with Crippen molar-refractivity contribution in [2.45, 2.75) is 26.3 Å². The van der Waals surface area contributed by atoms with Gasteiger partial charge in [0.25, 0.3) is 0 Å². The van der Waals surface area contributed by atoms with Crippen LogP contribution in [0.1, 0.15) is 24.2 Å². The Bertz CT molecular complexity index is 528. The third-order valence-electron chi connectivity index (χ3n) is 3.34. The Balaban J connectivity index is 1.86. The molecule has 2 heterocycles. The summed E-state index contributed by atoms with van der Waals surface area (Å²) in [6.45, 7) is 5.22. The summed E-state index contributed by atoms with van der Waals surface area (Å²) in [5.41, 5.74) is 2.25. The maximum Gasteiger partial charge on any atom is 0.170 e. The van der Waals surface area contributed by atoms with Crippen molar-refractivity contribution in [3.8, 4) is 5.69 Å². The highest BCUT2D eigenvalue weighted by molar-refractivity contribution is 5.34. The Hall–Kier alpha value is -1.75. The lowest BCUT2D eigenvalue weighted by Crippen LogP contribution is -2.21. The predicted molar refractivity (Wildman–Crippen MR) is 68.4 cm³/mol. The first kappa shape index (κ1) is 11.3. The molecule has 0 aliphatic carbocycles. The van der Waals surface area contributed by atoms with Crippen LogP contribution in [0, 0.1) is 6.92 Å². The Kier molecular flexibility index (Phi) is 3.06. The third-order valence-corrected chi connectivity index (χ3v) is 3.34. The van der Waals surface area contributed by atoms with Crippen molar-refractivity contribution in [1.82, 2.24) is 25.1 Å². The topological polar surface area (TPSA) is 46.8 Å². The van der Waals surface area contributed by atoms with E-state index in [1.807, 2.05) is 16.8 Å². The van der Waals surface area contributed by atoms with Gasteiger partial charge in [-0.2, -0.15) is 4.68 Å². The van der Waals surface area contributed by atoms with E-state index in [-0.39, 0.29) is 0 Å². The molecular weight excluding hydrogens is 226 g/mol. The second-order valence-corrected chi connectivity index (χ2v) is 4.83. The normalized spacial score (nSPS) is 16.3. The molecule has 2 aromatic rings. The molecule has 0 bridgehead atoms. The van der Waals surface area contributed by atoms with Crippen LogP contribution in [0.2, 0.25) is 0 Å². The van der Waals surface area contributed by atoms with Gasteiger partial charge in [-0.1, -0.05) is 12.1 Å². The average molecular weight is 243 g/mol. The molecule has 1 aliphatic heterocycles. The lowest BCUT2D eigenvalue weighted by atomic mass is 10.2. The summed E-state index contributed by atoms with van der Waals surface area (Å²) < 4.78 is 1.84. The van der Waals surface area contributed by atoms with Crippen LogP contribution >= 0.6 is 0 Å². The van der Waals surface area contributed by atoms with Gasteiger partial charge in [0.15, 0.2) is 5.82 Å². The fourth-order valence-electron chi connectivity index (χ4n) is 2.41. The summed E-state index contributed by atoms with van der Waals surface area (Å²) in [6.07, 6.45) is 2.57. The van der Waals surface area contributed by atoms with Crippen molar-refractivity contribution in [3.63, 3.8) is 0 Å². The summed E-state index contributed by atoms with van der Waals surface area (Å²) in [5.74, 6) is 0.919. The number of tetrazole rings is 1. The second-order valence-electron chi connectivity index (χ2n) is 4.83. The summed E-state index contributed by atoms with van der Waals surface area (Å²) in [7, 11) is 0. The molecule has 5 nitrogen and oxygen atoms in total. The van der Waals surface area contributed by atoms with Crippen molar-refractivity contribution < 1.29 is 0 Å². The van der Waals surface area contributed by atoms with Gasteiger partial charge in [-0.25, -0.2) is 0 Å². The first-order chi connectivity index (χ1) is 8.83. The van der Waals surface area contributed by atoms with Crippen LogP contribution < -0.4 is 0 Å². The first-order valence-electron chi connectivity index (χ1n) is 6.39. The zero-order chi connectivity index (χ0) is 12.4. The van der Waals surface area contributed by atoms with E-state index in [2.05, 4.69) is 39.5 Å². The van der Waals surface area contributed by atoms with Gasteiger partial charge in [0.1, 0.15) is 0 Å². The molecule has 1 fully saturated rings. The van der Waals surface area contributed by atoms with E-state index < -0.39 is 0 Å². The van der Waals surface area contributed by atoms with Crippen LogP contribution in [-0.2, 0) is 6.54 Å². The van der Waals surface area contributed by atoms with Crippen molar-refractivity contribution in [2.24, 2.45) is 0 Å². The van der Waals surface area contributed by atoms with E-state index in [1.165, 1.54) is 18.4 Å². The minimum atomic E-state index is 0.834. The molecule has 1 aliphatic rings. The summed E-state index contributed by atoms with van der Waals surface area (Å²) in [6, 6.07) is 8.25. The van der Waals surface area contributed by atoms with E-state index in [9.17, 15) is 0 Å². The minimum Gasteiger partial charge on any atom is -0.296 e. The largest absolute Gasteiger partial charge is 0.296 e. The van der Waals surface area contributed by atoms with Crippen molar-refractivity contribution >= 4 is 0 Å². The van der Waals surface area contributed by atoms with Crippen LogP contribution in [-0.4, -0.2) is 38.2 Å². The number of likely N-dealkylation sites (tertiary alicyclic amines) is 1. The Morgan fingerprint density at radius 1 is 1.22 bits per heavy atom. The Labute approximate surface area is 106 Å². The van der Waals surface area contributed by atoms with Crippen LogP contribution in [0.15, 0.2) is 24.3 Å². The van der Waals surface area contributed by atoms with Gasteiger partial charge in [0.2, 0.25) is 0 Å². The highest BCUT2D eigenvalue weighted by atomic mass is 15.5. The summed E-state index contributed by atoms with van der Waals surface area (Å²) >= 11 is 0. The maximum absolute atomic E-state index is 4.15. The molecule has 0 spiro atoms. The number of nitrogens with zero attached hydrogens (tertiary/aromatic N) is 5. The quantitative estimate of drug-likeness (QED) is 0.821. The van der Waals surface area contributed by atoms with E-state index >= 15 is 0 Å². The molecule has 18 heavy (non-hydrogen) atoms. The fourth-order valence-corrected chi connectivity index (χ4v) is 2.41. The SMILES string of the molecule is Cc1cccc(-n2nnnc2CN2CCCC2)c1. The van der Waals surface area contributed by atoms with E-state index in [1.54, 1.807) is 0 Å². The third kappa shape index (κ3) is 2.26. The van der Waals surface area contributed by atoms with Gasteiger partial charge in [-0.3, -0.25) is 4.90 Å². The van der Waals surface area contributed by atoms with Crippen LogP contribution in [0.3, 0.4) is 0 Å². The van der Waals surface area contributed by atoms with Gasteiger partial charge in [-0.05, 0) is 61.0 Å². The zero-order valence-electron chi connectivity index (χ0n) is 10.6. The molecule has 0 radical (unpaired) electrons. The standard InChI is InChI=1S/C13H17N5/c1-11-5-4-6-12(9-11)18-13(14-15-16-18)10-17-7-2-3-8-17/h4-6,9H,2-3,7-8,10H2,1H3. The van der Waals surface area contributed by atoms with Gasteiger partial charge in [0.05, 0.1) is 12.2 Å². The molecule has 0 amide bonds. The highest BCUT2D eigenvalue weighted by Crippen LogP contribution is 2.14. The van der Waals surface area contributed by atoms with Crippen molar-refractivity contribution in [2.75, 3.05) is 13.1 Å². The van der Waals surface area contributed by atoms with Gasteiger partial charge < -0.3 is 0 Å². The van der Waals surface area contributed by atoms with Crippen LogP contribution in [0.25, 0.3) is 5.69 Å². The molecule has 0 atom stereocenters. The minimum absolute atomic E-state index is 0.834. The molecule has 0 N–H and O–H groups in total. The summed E-state index contributed by atoms with van der Waals surface area (Å²) in [5, 5.41) is 12.1. The van der Waals surface area contributed by atoms with E-state index in [0.29, 0.717) is 0 Å². The Morgan fingerprint density at radius 2 is 2.06 bits per heavy atom. The summed E-state index contributed by atoms with van der Waals surface area (Å²) in [4.78, 5) is 2.40. The lowest BCUT2D eigenvalue weighted by Gasteiger charge is -2.13. The van der Waals surface area contributed by atoms with Crippen LogP contribution in [0.4, 0.5) is 0 Å². The highest BCUT2D eigenvalue weighted by Gasteiger charge is 2.16. The molecule has 1 saturated heterocycles. The number of aromatic nitrogens is 4. The monoisotopic (exact) mass is 243 g/mol. The van der Waals surface area contributed by atoms with Gasteiger partial charge in [-0.15, -0.1) is 5.10 Å². The molecule has 3 rings (SSSR count). The number of hydrogen-bond acceptors (Lipinski definition) is 4. The number of rotatable bonds is 3. The van der Waals surface area contributed by atoms with Crippen LogP contribution in [0.5, 0.6) is 0 Å². The maximum atomic E-state index is 4.15. The molecule has 5 heteroatoms. The number of benzene rings is 1. The van der Waals surface area contributed by atoms with E-state index in [0.717, 1.165) is 31.1 Å². The molecule has 1 aromatic heterocycles. The van der Waals surface area contributed by atoms with Gasteiger partial charge >= 0.3 is 0 Å². The smallest absolute Gasteiger partial charge is 0.170 e. The average Bonchev–Trinajstić information content (AvgIpc) is 3.01. The molecule has 1 aromatic carbocycles. The van der Waals surface area contributed by atoms with Crippen molar-refractivity contribution in [1.29, 1.82) is 0 Å². The molecule has 94 valence electrons.